The number of allylic oxidation sites excluding steroid dienone is 1. The van der Waals surface area contributed by atoms with Gasteiger partial charge in [-0.2, -0.15) is 10.4 Å². The number of aromatic amines is 1. The molecule has 1 saturated heterocycles. The van der Waals surface area contributed by atoms with Crippen LogP contribution in [0.15, 0.2) is 49.1 Å². The van der Waals surface area contributed by atoms with Gasteiger partial charge in [0.1, 0.15) is 11.5 Å². The highest BCUT2D eigenvalue weighted by atomic mass is 35.5. The number of nitrogens with zero attached hydrogens (tertiary/aromatic N) is 4. The lowest BCUT2D eigenvalue weighted by molar-refractivity contribution is 0.343. The van der Waals surface area contributed by atoms with Crippen molar-refractivity contribution >= 4 is 34.3 Å². The van der Waals surface area contributed by atoms with Gasteiger partial charge in [0.25, 0.3) is 0 Å². The van der Waals surface area contributed by atoms with Crippen LogP contribution in [0.5, 0.6) is 0 Å². The number of hydrogen-bond donors (Lipinski definition) is 2. The standard InChI is InChI=1S/C24H20ClFN6/c25-21-2-1-3-22(26)23(21)15(10-27)8-17-12-30-24-20(17)9-16(11-29-24)18-13-31-32(14-18)19-4-6-28-7-5-19/h1-3,8-9,11-14,19,28H,4-7H2,(H,29,30). The number of rotatable bonds is 4. The van der Waals surface area contributed by atoms with Gasteiger partial charge in [-0.25, -0.2) is 9.37 Å². The number of pyridine rings is 1. The molecule has 1 aliphatic rings. The molecule has 3 aromatic heterocycles. The maximum absolute atomic E-state index is 14.4. The summed E-state index contributed by atoms with van der Waals surface area (Å²) in [5.74, 6) is -0.533. The van der Waals surface area contributed by atoms with Gasteiger partial charge >= 0.3 is 0 Å². The van der Waals surface area contributed by atoms with Crippen LogP contribution in [0.3, 0.4) is 0 Å². The molecule has 0 amide bonds. The van der Waals surface area contributed by atoms with E-state index < -0.39 is 5.82 Å². The van der Waals surface area contributed by atoms with Gasteiger partial charge in [-0.05, 0) is 50.2 Å². The first kappa shape index (κ1) is 20.4. The number of halogens is 2. The Morgan fingerprint density at radius 1 is 1.25 bits per heavy atom. The van der Waals surface area contributed by atoms with E-state index in [0.717, 1.165) is 48.0 Å². The predicted octanol–water partition coefficient (Wildman–Crippen LogP) is 5.21. The fourth-order valence-corrected chi connectivity index (χ4v) is 4.39. The third-order valence-corrected chi connectivity index (χ3v) is 6.15. The SMILES string of the molecule is N#CC(=Cc1c[nH]c2ncc(-c3cnn(C4CCNCC4)c3)cc12)c1c(F)cccc1Cl. The Morgan fingerprint density at radius 3 is 2.88 bits per heavy atom. The van der Waals surface area contributed by atoms with Crippen molar-refractivity contribution < 1.29 is 4.39 Å². The van der Waals surface area contributed by atoms with E-state index in [1.807, 2.05) is 16.9 Å². The Bertz CT molecular complexity index is 1340. The second kappa shape index (κ2) is 8.58. The summed E-state index contributed by atoms with van der Waals surface area (Å²) >= 11 is 6.17. The van der Waals surface area contributed by atoms with E-state index in [4.69, 9.17) is 11.6 Å². The molecule has 0 aliphatic carbocycles. The minimum Gasteiger partial charge on any atom is -0.346 e. The summed E-state index contributed by atoms with van der Waals surface area (Å²) in [4.78, 5) is 7.64. The zero-order valence-corrected chi connectivity index (χ0v) is 17.9. The zero-order valence-electron chi connectivity index (χ0n) is 17.1. The third kappa shape index (κ3) is 3.79. The van der Waals surface area contributed by atoms with Gasteiger partial charge in [-0.15, -0.1) is 0 Å². The molecular formula is C24H20ClFN6. The van der Waals surface area contributed by atoms with Gasteiger partial charge in [-0.3, -0.25) is 4.68 Å². The molecule has 5 rings (SSSR count). The molecule has 2 N–H and O–H groups in total. The molecule has 1 aliphatic heterocycles. The molecular weight excluding hydrogens is 427 g/mol. The van der Waals surface area contributed by atoms with Crippen LogP contribution < -0.4 is 5.32 Å². The van der Waals surface area contributed by atoms with Crippen molar-refractivity contribution in [2.45, 2.75) is 18.9 Å². The molecule has 4 heterocycles. The normalized spacial score (nSPS) is 15.2. The highest BCUT2D eigenvalue weighted by Gasteiger charge is 2.17. The average molecular weight is 447 g/mol. The lowest BCUT2D eigenvalue weighted by atomic mass is 10.0. The fourth-order valence-electron chi connectivity index (χ4n) is 4.13. The zero-order chi connectivity index (χ0) is 22.1. The van der Waals surface area contributed by atoms with Gasteiger partial charge in [0.2, 0.25) is 0 Å². The number of nitrogens with one attached hydrogen (secondary N) is 2. The Labute approximate surface area is 189 Å². The van der Waals surface area contributed by atoms with Gasteiger partial charge in [0.05, 0.1) is 28.9 Å². The quantitative estimate of drug-likeness (QED) is 0.422. The first-order valence-corrected chi connectivity index (χ1v) is 10.8. The lowest BCUT2D eigenvalue weighted by Gasteiger charge is -2.22. The van der Waals surface area contributed by atoms with Crippen LogP contribution in [-0.2, 0) is 0 Å². The average Bonchev–Trinajstić information content (AvgIpc) is 3.46. The van der Waals surface area contributed by atoms with Crippen LogP contribution >= 0.6 is 11.6 Å². The molecule has 0 bridgehead atoms. The smallest absolute Gasteiger partial charge is 0.137 e. The predicted molar refractivity (Wildman–Crippen MR) is 123 cm³/mol. The first-order chi connectivity index (χ1) is 15.6. The second-order valence-electron chi connectivity index (χ2n) is 7.82. The lowest BCUT2D eigenvalue weighted by Crippen LogP contribution is -2.29. The van der Waals surface area contributed by atoms with Crippen LogP contribution in [0.2, 0.25) is 5.02 Å². The maximum atomic E-state index is 14.4. The Morgan fingerprint density at radius 2 is 2.09 bits per heavy atom. The van der Waals surface area contributed by atoms with Crippen LogP contribution in [0.1, 0.15) is 30.0 Å². The number of aromatic nitrogens is 4. The summed E-state index contributed by atoms with van der Waals surface area (Å²) < 4.78 is 16.4. The molecule has 0 unspecified atom stereocenters. The number of piperidine rings is 1. The van der Waals surface area contributed by atoms with Gasteiger partial charge in [0, 0.05) is 46.2 Å². The van der Waals surface area contributed by atoms with Crippen LogP contribution in [0.25, 0.3) is 33.8 Å². The summed E-state index contributed by atoms with van der Waals surface area (Å²) in [6, 6.07) is 8.86. The van der Waals surface area contributed by atoms with E-state index in [0.29, 0.717) is 11.7 Å². The minimum atomic E-state index is -0.533. The number of fused-ring (bicyclic) bond motifs is 1. The van der Waals surface area contributed by atoms with E-state index in [-0.39, 0.29) is 16.2 Å². The van der Waals surface area contributed by atoms with Crippen molar-refractivity contribution in [2.24, 2.45) is 0 Å². The Hall–Kier alpha value is -3.47. The van der Waals surface area contributed by atoms with Crippen LogP contribution in [-0.4, -0.2) is 32.8 Å². The van der Waals surface area contributed by atoms with E-state index in [9.17, 15) is 9.65 Å². The molecule has 0 atom stereocenters. The summed E-state index contributed by atoms with van der Waals surface area (Å²) in [5.41, 5.74) is 3.57. The monoisotopic (exact) mass is 446 g/mol. The highest BCUT2D eigenvalue weighted by Crippen LogP contribution is 2.31. The summed E-state index contributed by atoms with van der Waals surface area (Å²) in [5, 5.41) is 18.6. The van der Waals surface area contributed by atoms with Crippen LogP contribution in [0, 0.1) is 17.1 Å². The van der Waals surface area contributed by atoms with E-state index >= 15 is 0 Å². The molecule has 32 heavy (non-hydrogen) atoms. The van der Waals surface area contributed by atoms with Crippen molar-refractivity contribution in [1.29, 1.82) is 5.26 Å². The second-order valence-corrected chi connectivity index (χ2v) is 8.23. The van der Waals surface area contributed by atoms with Crippen molar-refractivity contribution in [1.82, 2.24) is 25.1 Å². The summed E-state index contributed by atoms with van der Waals surface area (Å²) in [6.07, 6.45) is 11.2. The topological polar surface area (TPSA) is 82.3 Å². The molecule has 4 aromatic rings. The number of nitriles is 1. The number of hydrogen-bond acceptors (Lipinski definition) is 4. The molecule has 0 radical (unpaired) electrons. The van der Waals surface area contributed by atoms with Crippen molar-refractivity contribution in [2.75, 3.05) is 13.1 Å². The number of H-pyrrole nitrogens is 1. The third-order valence-electron chi connectivity index (χ3n) is 5.83. The molecule has 1 aromatic carbocycles. The van der Waals surface area contributed by atoms with Crippen LogP contribution in [0.4, 0.5) is 4.39 Å². The molecule has 6 nitrogen and oxygen atoms in total. The van der Waals surface area contributed by atoms with E-state index in [1.165, 1.54) is 12.1 Å². The Balaban J connectivity index is 1.53. The summed E-state index contributed by atoms with van der Waals surface area (Å²) in [7, 11) is 0. The number of benzene rings is 1. The van der Waals surface area contributed by atoms with Crippen molar-refractivity contribution in [3.05, 3.63) is 71.0 Å². The largest absolute Gasteiger partial charge is 0.346 e. The highest BCUT2D eigenvalue weighted by molar-refractivity contribution is 6.32. The Kier molecular flexibility index (Phi) is 5.48. The minimum absolute atomic E-state index is 0.0957. The molecule has 0 saturated carbocycles. The molecule has 8 heteroatoms. The van der Waals surface area contributed by atoms with Gasteiger partial charge in [0.15, 0.2) is 0 Å². The van der Waals surface area contributed by atoms with Gasteiger partial charge < -0.3 is 10.3 Å². The van der Waals surface area contributed by atoms with Gasteiger partial charge in [-0.1, -0.05) is 17.7 Å². The fraction of sp³-hybridized carbons (Fsp3) is 0.208. The first-order valence-electron chi connectivity index (χ1n) is 10.4. The van der Waals surface area contributed by atoms with E-state index in [2.05, 4.69) is 32.6 Å². The maximum Gasteiger partial charge on any atom is 0.137 e. The summed E-state index contributed by atoms with van der Waals surface area (Å²) in [6.45, 7) is 2.00. The molecule has 160 valence electrons. The van der Waals surface area contributed by atoms with E-state index in [1.54, 1.807) is 24.5 Å². The molecule has 0 spiro atoms. The molecule has 1 fully saturated rings. The van der Waals surface area contributed by atoms with Crippen molar-refractivity contribution in [3.63, 3.8) is 0 Å². The van der Waals surface area contributed by atoms with Crippen molar-refractivity contribution in [3.8, 4) is 17.2 Å².